The summed E-state index contributed by atoms with van der Waals surface area (Å²) in [7, 11) is 0. The molecule has 8 heteroatoms. The van der Waals surface area contributed by atoms with E-state index in [1.807, 2.05) is 60.7 Å². The molecule has 0 spiro atoms. The Hall–Kier alpha value is -2.79. The zero-order valence-corrected chi connectivity index (χ0v) is 22.4. The predicted octanol–water partition coefficient (Wildman–Crippen LogP) is 5.63. The van der Waals surface area contributed by atoms with Crippen molar-refractivity contribution >= 4 is 54.4 Å². The fourth-order valence-corrected chi connectivity index (χ4v) is 7.91. The Kier molecular flexibility index (Phi) is 8.17. The molecule has 1 aliphatic heterocycles. The number of benzene rings is 3. The number of anilines is 1. The molecule has 2 N–H and O–H groups in total. The van der Waals surface area contributed by atoms with Gasteiger partial charge in [0.2, 0.25) is 0 Å². The van der Waals surface area contributed by atoms with Crippen LogP contribution in [0.2, 0.25) is 10.4 Å². The van der Waals surface area contributed by atoms with Gasteiger partial charge in [0, 0.05) is 0 Å². The smallest absolute Gasteiger partial charge is 0.147 e. The number of carbonyl (C=O) groups is 1. The Labute approximate surface area is 216 Å². The SMILES string of the molecule is CC(C1CCNC1)[As](C)c1nc2cc(NC(=O)c3cccc(Oc4ccccc4)c3)ccc2o1.Cl. The van der Waals surface area contributed by atoms with Crippen LogP contribution in [0.1, 0.15) is 23.7 Å². The summed E-state index contributed by atoms with van der Waals surface area (Å²) >= 11 is -1.41. The first-order valence-electron chi connectivity index (χ1n) is 11.6. The van der Waals surface area contributed by atoms with E-state index in [2.05, 4.69) is 23.3 Å². The van der Waals surface area contributed by atoms with Crippen LogP contribution in [0.15, 0.2) is 77.2 Å². The molecule has 182 valence electrons. The number of ether oxygens (including phenoxy) is 1. The molecule has 1 amide bonds. The molecule has 0 bridgehead atoms. The van der Waals surface area contributed by atoms with Crippen LogP contribution < -0.4 is 20.0 Å². The predicted molar refractivity (Wildman–Crippen MR) is 144 cm³/mol. The van der Waals surface area contributed by atoms with Crippen molar-refractivity contribution in [3.8, 4) is 11.5 Å². The number of nitrogens with one attached hydrogen (secondary N) is 2. The normalized spacial score (nSPS) is 16.9. The summed E-state index contributed by atoms with van der Waals surface area (Å²) in [6.45, 7) is 4.54. The van der Waals surface area contributed by atoms with Gasteiger partial charge in [-0.1, -0.05) is 18.2 Å². The molecule has 2 heterocycles. The van der Waals surface area contributed by atoms with Gasteiger partial charge in [0.15, 0.2) is 0 Å². The number of hydrogen-bond donors (Lipinski definition) is 2. The molecule has 0 radical (unpaired) electrons. The fraction of sp³-hybridized carbons (Fsp3) is 0.259. The second kappa shape index (κ2) is 11.3. The van der Waals surface area contributed by atoms with Crippen molar-refractivity contribution < 1.29 is 13.9 Å². The third-order valence-electron chi connectivity index (χ3n) is 6.40. The molecule has 5 rings (SSSR count). The van der Waals surface area contributed by atoms with Crippen LogP contribution >= 0.6 is 12.4 Å². The van der Waals surface area contributed by atoms with E-state index < -0.39 is 14.7 Å². The Balaban J connectivity index is 0.00000289. The molecule has 4 aromatic rings. The molecule has 0 aliphatic carbocycles. The molecule has 3 unspecified atom stereocenters. The number of hydrogen-bond acceptors (Lipinski definition) is 5. The summed E-state index contributed by atoms with van der Waals surface area (Å²) in [5.41, 5.74) is 5.09. The number of carbonyl (C=O) groups excluding carboxylic acids is 1. The average Bonchev–Trinajstić information content (AvgIpc) is 3.54. The Bertz CT molecular complexity index is 1290. The fourth-order valence-electron chi connectivity index (χ4n) is 4.25. The van der Waals surface area contributed by atoms with E-state index in [1.165, 1.54) is 6.42 Å². The van der Waals surface area contributed by atoms with Crippen LogP contribution in [-0.2, 0) is 0 Å². The minimum absolute atomic E-state index is 0. The van der Waals surface area contributed by atoms with Crippen LogP contribution in [0.25, 0.3) is 11.1 Å². The standard InChI is InChI=1S/C27H28AsN3O3.ClH/c1-18(20-13-14-29-17-20)28(2)27-31-24-16-21(11-12-25(24)34-27)30-26(32)19-7-6-10-23(15-19)33-22-8-4-3-5-9-22;/h3-12,15-16,18,20,29H,13-14,17H2,1-2H3,(H,30,32);1H. The van der Waals surface area contributed by atoms with Gasteiger partial charge in [-0.05, 0) is 12.1 Å². The summed E-state index contributed by atoms with van der Waals surface area (Å²) in [5.74, 6) is 1.84. The third-order valence-corrected chi connectivity index (χ3v) is 11.5. The molecule has 1 saturated heterocycles. The van der Waals surface area contributed by atoms with Crippen molar-refractivity contribution in [3.05, 3.63) is 78.4 Å². The Morgan fingerprint density at radius 2 is 1.91 bits per heavy atom. The first-order valence-corrected chi connectivity index (χ1v) is 15.4. The van der Waals surface area contributed by atoms with E-state index in [0.29, 0.717) is 27.6 Å². The second-order valence-corrected chi connectivity index (χ2v) is 13.8. The van der Waals surface area contributed by atoms with E-state index in [-0.39, 0.29) is 18.3 Å². The molecule has 1 aromatic heterocycles. The minimum atomic E-state index is -1.41. The number of halogens is 1. The van der Waals surface area contributed by atoms with Crippen LogP contribution in [0.5, 0.6) is 11.5 Å². The Morgan fingerprint density at radius 1 is 1.11 bits per heavy atom. The van der Waals surface area contributed by atoms with Gasteiger partial charge < -0.3 is 0 Å². The Morgan fingerprint density at radius 3 is 2.69 bits per heavy atom. The summed E-state index contributed by atoms with van der Waals surface area (Å²) in [4.78, 5) is 17.7. The number of fused-ring (bicyclic) bond motifs is 1. The maximum Gasteiger partial charge on any atom is -0.147 e. The molecule has 1 fully saturated rings. The number of amides is 1. The number of oxazole rings is 1. The van der Waals surface area contributed by atoms with E-state index in [0.717, 1.165) is 34.6 Å². The summed E-state index contributed by atoms with van der Waals surface area (Å²) in [5, 5.41) is 6.44. The molecule has 35 heavy (non-hydrogen) atoms. The monoisotopic (exact) mass is 553 g/mol. The van der Waals surface area contributed by atoms with E-state index >= 15 is 0 Å². The zero-order valence-electron chi connectivity index (χ0n) is 19.7. The quantitative estimate of drug-likeness (QED) is 0.290. The number of aromatic nitrogens is 1. The number of para-hydroxylation sites is 1. The van der Waals surface area contributed by atoms with Crippen LogP contribution in [0, 0.1) is 5.92 Å². The maximum absolute atomic E-state index is 12.9. The van der Waals surface area contributed by atoms with Gasteiger partial charge in [-0.15, -0.1) is 12.4 Å². The van der Waals surface area contributed by atoms with Crippen molar-refractivity contribution in [2.24, 2.45) is 5.92 Å². The molecule has 1 aliphatic rings. The molecule has 3 aromatic carbocycles. The van der Waals surface area contributed by atoms with E-state index in [9.17, 15) is 4.79 Å². The van der Waals surface area contributed by atoms with Gasteiger partial charge in [0.25, 0.3) is 0 Å². The van der Waals surface area contributed by atoms with E-state index in [1.54, 1.807) is 12.1 Å². The number of rotatable bonds is 7. The van der Waals surface area contributed by atoms with Crippen LogP contribution in [-0.4, -0.2) is 38.6 Å². The van der Waals surface area contributed by atoms with Crippen molar-refractivity contribution in [2.45, 2.75) is 23.8 Å². The first-order chi connectivity index (χ1) is 16.6. The molecule has 6 nitrogen and oxygen atoms in total. The third kappa shape index (κ3) is 5.89. The molecule has 0 saturated carbocycles. The van der Waals surface area contributed by atoms with Crippen molar-refractivity contribution in [1.29, 1.82) is 0 Å². The van der Waals surface area contributed by atoms with Gasteiger partial charge in [0.05, 0.1) is 0 Å². The van der Waals surface area contributed by atoms with Gasteiger partial charge >= 0.3 is 174 Å². The maximum atomic E-state index is 12.9. The first kappa shape index (κ1) is 25.3. The largest absolute Gasteiger partial charge is 0.147 e. The van der Waals surface area contributed by atoms with E-state index in [4.69, 9.17) is 14.1 Å². The summed E-state index contributed by atoms with van der Waals surface area (Å²) in [6.07, 6.45) is 1.23. The van der Waals surface area contributed by atoms with Crippen LogP contribution in [0.4, 0.5) is 5.69 Å². The van der Waals surface area contributed by atoms with Gasteiger partial charge in [-0.2, -0.15) is 0 Å². The minimum Gasteiger partial charge on any atom is -0.147 e. The zero-order chi connectivity index (χ0) is 23.5. The molecular weight excluding hydrogens is 525 g/mol. The topological polar surface area (TPSA) is 76.4 Å². The molecule has 3 atom stereocenters. The van der Waals surface area contributed by atoms with Gasteiger partial charge in [-0.3, -0.25) is 0 Å². The average molecular weight is 554 g/mol. The van der Waals surface area contributed by atoms with Gasteiger partial charge in [-0.25, -0.2) is 0 Å². The van der Waals surface area contributed by atoms with Gasteiger partial charge in [0.1, 0.15) is 0 Å². The molecular formula is C27H29AsClN3O3. The van der Waals surface area contributed by atoms with Crippen molar-refractivity contribution in [2.75, 3.05) is 18.4 Å². The number of nitrogens with zero attached hydrogens (tertiary/aromatic N) is 1. The van der Waals surface area contributed by atoms with Crippen molar-refractivity contribution in [3.63, 3.8) is 0 Å². The summed E-state index contributed by atoms with van der Waals surface area (Å²) < 4.78 is 13.5. The summed E-state index contributed by atoms with van der Waals surface area (Å²) in [6, 6.07) is 22.3. The second-order valence-electron chi connectivity index (χ2n) is 8.68. The van der Waals surface area contributed by atoms with Crippen molar-refractivity contribution in [1.82, 2.24) is 10.3 Å². The van der Waals surface area contributed by atoms with Crippen LogP contribution in [0.3, 0.4) is 0 Å².